The monoisotopic (exact) mass is 382 g/mol. The van der Waals surface area contributed by atoms with Gasteiger partial charge in [0, 0.05) is 22.8 Å². The maximum Gasteiger partial charge on any atom is 0.159 e. The molecule has 8 heteroatoms. The highest BCUT2D eigenvalue weighted by Gasteiger charge is 2.24. The van der Waals surface area contributed by atoms with Crippen LogP contribution in [0, 0.1) is 0 Å². The molecule has 1 aliphatic heterocycles. The minimum atomic E-state index is -0.0336. The van der Waals surface area contributed by atoms with Crippen LogP contribution in [0.1, 0.15) is 36.8 Å². The van der Waals surface area contributed by atoms with Crippen molar-refractivity contribution in [2.75, 3.05) is 0 Å². The number of halogens is 1. The van der Waals surface area contributed by atoms with E-state index in [0.717, 1.165) is 22.7 Å². The maximum atomic E-state index is 10.2. The number of hydrogen-bond acceptors (Lipinski definition) is 6. The van der Waals surface area contributed by atoms with E-state index in [-0.39, 0.29) is 12.6 Å². The summed E-state index contributed by atoms with van der Waals surface area (Å²) in [7, 11) is 0. The van der Waals surface area contributed by atoms with Crippen molar-refractivity contribution in [3.05, 3.63) is 70.5 Å². The summed E-state index contributed by atoms with van der Waals surface area (Å²) in [5.74, 6) is 1.35. The van der Waals surface area contributed by atoms with Crippen LogP contribution in [0.25, 0.3) is 5.69 Å². The highest BCUT2D eigenvalue weighted by molar-refractivity contribution is 6.31. The Morgan fingerprint density at radius 2 is 2.07 bits per heavy atom. The molecule has 138 valence electrons. The molecule has 0 aliphatic carbocycles. The average molecular weight is 383 g/mol. The molecule has 0 saturated carbocycles. The van der Waals surface area contributed by atoms with Crippen molar-refractivity contribution >= 4 is 17.3 Å². The molecular weight excluding hydrogens is 364 g/mol. The van der Waals surface area contributed by atoms with Gasteiger partial charge in [0.2, 0.25) is 0 Å². The Morgan fingerprint density at radius 3 is 2.81 bits per heavy atom. The number of fused-ring (bicyclic) bond motifs is 3. The van der Waals surface area contributed by atoms with Crippen LogP contribution in [-0.4, -0.2) is 41.8 Å². The van der Waals surface area contributed by atoms with Crippen LogP contribution >= 0.6 is 11.6 Å². The molecule has 0 saturated heterocycles. The first-order chi connectivity index (χ1) is 13.0. The van der Waals surface area contributed by atoms with E-state index in [1.165, 1.54) is 5.06 Å². The number of hydroxylamine groups is 2. The first kappa shape index (κ1) is 17.8. The van der Waals surface area contributed by atoms with E-state index >= 15 is 0 Å². The molecule has 0 atom stereocenters. The smallest absolute Gasteiger partial charge is 0.159 e. The second-order valence-corrected chi connectivity index (χ2v) is 7.04. The summed E-state index contributed by atoms with van der Waals surface area (Å²) in [6.45, 7) is 4.44. The van der Waals surface area contributed by atoms with E-state index in [1.54, 1.807) is 6.20 Å². The number of nitrogens with zero attached hydrogens (tertiary/aromatic N) is 6. The lowest BCUT2D eigenvalue weighted by Gasteiger charge is -2.19. The quantitative estimate of drug-likeness (QED) is 0.700. The zero-order valence-corrected chi connectivity index (χ0v) is 15.8. The molecule has 4 rings (SSSR count). The van der Waals surface area contributed by atoms with Gasteiger partial charge in [0.15, 0.2) is 11.6 Å². The molecule has 0 fully saturated rings. The zero-order valence-electron chi connectivity index (χ0n) is 15.0. The highest BCUT2D eigenvalue weighted by atomic mass is 35.5. The van der Waals surface area contributed by atoms with Gasteiger partial charge in [-0.05, 0) is 44.2 Å². The van der Waals surface area contributed by atoms with E-state index in [1.807, 2.05) is 54.8 Å². The molecule has 3 heterocycles. The van der Waals surface area contributed by atoms with Gasteiger partial charge in [-0.1, -0.05) is 17.7 Å². The van der Waals surface area contributed by atoms with Gasteiger partial charge in [-0.2, -0.15) is 5.06 Å². The number of benzene rings is 1. The number of pyridine rings is 1. The van der Waals surface area contributed by atoms with Gasteiger partial charge in [0.05, 0.1) is 23.6 Å². The fourth-order valence-electron chi connectivity index (χ4n) is 3.01. The third-order valence-corrected chi connectivity index (χ3v) is 4.67. The van der Waals surface area contributed by atoms with Gasteiger partial charge in [-0.25, -0.2) is 0 Å². The number of hydrogen-bond donors (Lipinski definition) is 1. The topological polar surface area (TPSA) is 79.4 Å². The summed E-state index contributed by atoms with van der Waals surface area (Å²) in [5.41, 5.74) is 3.25. The summed E-state index contributed by atoms with van der Waals surface area (Å²) >= 11 is 6.29. The lowest BCUT2D eigenvalue weighted by Crippen LogP contribution is -2.28. The predicted octanol–water partition coefficient (Wildman–Crippen LogP) is 3.27. The predicted molar refractivity (Wildman–Crippen MR) is 102 cm³/mol. The van der Waals surface area contributed by atoms with Crippen LogP contribution in [-0.2, 0) is 13.1 Å². The van der Waals surface area contributed by atoms with Crippen LogP contribution < -0.4 is 0 Å². The van der Waals surface area contributed by atoms with Crippen molar-refractivity contribution in [3.63, 3.8) is 0 Å². The zero-order chi connectivity index (χ0) is 19.0. The molecule has 27 heavy (non-hydrogen) atoms. The van der Waals surface area contributed by atoms with Crippen molar-refractivity contribution in [3.8, 4) is 5.69 Å². The third-order valence-electron chi connectivity index (χ3n) is 4.44. The number of aromatic nitrogens is 4. The van der Waals surface area contributed by atoms with Crippen molar-refractivity contribution < 1.29 is 5.21 Å². The fourth-order valence-corrected chi connectivity index (χ4v) is 3.19. The summed E-state index contributed by atoms with van der Waals surface area (Å²) in [6, 6.07) is 11.3. The molecule has 0 bridgehead atoms. The minimum absolute atomic E-state index is 0.0336. The lowest BCUT2D eigenvalue weighted by atomic mass is 10.0. The van der Waals surface area contributed by atoms with Crippen LogP contribution in [0.5, 0.6) is 0 Å². The van der Waals surface area contributed by atoms with Gasteiger partial charge in [-0.15, -0.1) is 10.2 Å². The number of aliphatic imine (C=N–C) groups is 1. The van der Waals surface area contributed by atoms with Crippen molar-refractivity contribution in [1.82, 2.24) is 24.8 Å². The summed E-state index contributed by atoms with van der Waals surface area (Å²) < 4.78 is 1.94. The summed E-state index contributed by atoms with van der Waals surface area (Å²) in [4.78, 5) is 9.19. The van der Waals surface area contributed by atoms with Gasteiger partial charge >= 0.3 is 0 Å². The van der Waals surface area contributed by atoms with E-state index in [2.05, 4.69) is 15.2 Å². The van der Waals surface area contributed by atoms with Gasteiger partial charge in [0.1, 0.15) is 6.54 Å². The van der Waals surface area contributed by atoms with E-state index in [0.29, 0.717) is 23.2 Å². The molecule has 0 spiro atoms. The Labute approximate surface area is 161 Å². The molecule has 7 nitrogen and oxygen atoms in total. The normalized spacial score (nSPS) is 13.3. The van der Waals surface area contributed by atoms with Gasteiger partial charge < -0.3 is 5.21 Å². The molecular formula is C19H19ClN6O. The van der Waals surface area contributed by atoms with Gasteiger partial charge in [0.25, 0.3) is 0 Å². The largest absolute Gasteiger partial charge is 0.313 e. The molecule has 0 radical (unpaired) electrons. The van der Waals surface area contributed by atoms with E-state index in [4.69, 9.17) is 16.6 Å². The summed E-state index contributed by atoms with van der Waals surface area (Å²) in [5, 5.41) is 20.6. The molecule has 2 aromatic heterocycles. The van der Waals surface area contributed by atoms with Crippen LogP contribution in [0.2, 0.25) is 5.02 Å². The van der Waals surface area contributed by atoms with Crippen LogP contribution in [0.15, 0.2) is 47.6 Å². The number of rotatable bonds is 4. The summed E-state index contributed by atoms with van der Waals surface area (Å²) in [6.07, 6.45) is 1.74. The molecule has 0 unspecified atom stereocenters. The van der Waals surface area contributed by atoms with Crippen LogP contribution in [0.4, 0.5) is 0 Å². The third kappa shape index (κ3) is 3.37. The van der Waals surface area contributed by atoms with Crippen LogP contribution in [0.3, 0.4) is 0 Å². The molecule has 0 amide bonds. The molecule has 1 aromatic carbocycles. The average Bonchev–Trinajstić information content (AvgIpc) is 2.97. The SMILES string of the molecule is CC(C)N(O)Cc1nnc2n1-c1ccc(Cl)cc1C(c1ccccn1)=NC2. The second-order valence-electron chi connectivity index (χ2n) is 6.60. The Kier molecular flexibility index (Phi) is 4.73. The first-order valence-corrected chi connectivity index (χ1v) is 9.07. The first-order valence-electron chi connectivity index (χ1n) is 8.69. The van der Waals surface area contributed by atoms with Crippen molar-refractivity contribution in [2.45, 2.75) is 33.0 Å². The van der Waals surface area contributed by atoms with E-state index in [9.17, 15) is 5.21 Å². The highest BCUT2D eigenvalue weighted by Crippen LogP contribution is 2.28. The molecule has 3 aromatic rings. The maximum absolute atomic E-state index is 10.2. The van der Waals surface area contributed by atoms with Crippen molar-refractivity contribution in [2.24, 2.45) is 4.99 Å². The van der Waals surface area contributed by atoms with E-state index < -0.39 is 0 Å². The molecule has 1 aliphatic rings. The Morgan fingerprint density at radius 1 is 1.22 bits per heavy atom. The standard InChI is InChI=1S/C19H19ClN6O/c1-12(2)25(27)11-18-24-23-17-10-22-19(15-5-3-4-8-21-15)14-9-13(20)6-7-16(14)26(17)18/h3-9,12,27H,10-11H2,1-2H3. The van der Waals surface area contributed by atoms with Gasteiger partial charge in [-0.3, -0.25) is 14.5 Å². The Balaban J connectivity index is 1.87. The minimum Gasteiger partial charge on any atom is -0.313 e. The van der Waals surface area contributed by atoms with Crippen molar-refractivity contribution in [1.29, 1.82) is 0 Å². The fraction of sp³-hybridized carbons (Fsp3) is 0.263. The Hall–Kier alpha value is -2.61. The Bertz CT molecular complexity index is 999. The lowest BCUT2D eigenvalue weighted by molar-refractivity contribution is -0.127. The molecule has 1 N–H and O–H groups in total. The second kappa shape index (κ2) is 7.19.